The Morgan fingerprint density at radius 2 is 1.88 bits per heavy atom. The molecule has 2 aromatic rings. The third kappa shape index (κ3) is 4.11. The molecule has 1 saturated heterocycles. The van der Waals surface area contributed by atoms with Gasteiger partial charge in [-0.25, -0.2) is 4.39 Å². The summed E-state index contributed by atoms with van der Waals surface area (Å²) in [7, 11) is 0. The largest absolute Gasteiger partial charge is 0.459 e. The minimum atomic E-state index is -0.345. The van der Waals surface area contributed by atoms with Gasteiger partial charge in [-0.1, -0.05) is 18.2 Å². The lowest BCUT2D eigenvalue weighted by molar-refractivity contribution is -0.126. The number of hydrogen-bond donors (Lipinski definition) is 1. The number of carbonyl (C=O) groups excluding carboxylic acids is 2. The first-order valence-corrected chi connectivity index (χ1v) is 8.64. The molecule has 0 radical (unpaired) electrons. The molecule has 0 unspecified atom stereocenters. The highest BCUT2D eigenvalue weighted by atomic mass is 19.1. The van der Waals surface area contributed by atoms with Crippen molar-refractivity contribution >= 4 is 11.8 Å². The molecule has 6 nitrogen and oxygen atoms in total. The summed E-state index contributed by atoms with van der Waals surface area (Å²) < 4.78 is 18.8. The van der Waals surface area contributed by atoms with Crippen molar-refractivity contribution in [1.29, 1.82) is 0 Å². The molecule has 0 bridgehead atoms. The molecule has 1 aromatic carbocycles. The quantitative estimate of drug-likeness (QED) is 0.885. The van der Waals surface area contributed by atoms with Crippen LogP contribution in [-0.4, -0.2) is 53.8 Å². The summed E-state index contributed by atoms with van der Waals surface area (Å²) in [5, 5.41) is 2.78. The molecule has 0 spiro atoms. The summed E-state index contributed by atoms with van der Waals surface area (Å²) in [5.74, 6) is -0.287. The normalized spacial score (nSPS) is 16.3. The minimum Gasteiger partial charge on any atom is -0.459 e. The van der Waals surface area contributed by atoms with E-state index in [2.05, 4.69) is 5.32 Å². The van der Waals surface area contributed by atoms with Crippen LogP contribution in [0.1, 0.15) is 23.0 Å². The molecule has 3 rings (SSSR count). The molecule has 138 valence electrons. The maximum Gasteiger partial charge on any atom is 0.289 e. The van der Waals surface area contributed by atoms with Gasteiger partial charge in [-0.15, -0.1) is 0 Å². The fraction of sp³-hybridized carbons (Fsp3) is 0.368. The predicted molar refractivity (Wildman–Crippen MR) is 93.9 cm³/mol. The van der Waals surface area contributed by atoms with Crippen molar-refractivity contribution in [2.45, 2.75) is 19.5 Å². The Morgan fingerprint density at radius 1 is 1.15 bits per heavy atom. The zero-order chi connectivity index (χ0) is 18.5. The molecule has 1 aromatic heterocycles. The lowest BCUT2D eigenvalue weighted by Gasteiger charge is -2.37. The minimum absolute atomic E-state index is 0.133. The fourth-order valence-electron chi connectivity index (χ4n) is 3.01. The van der Waals surface area contributed by atoms with Crippen LogP contribution in [0.15, 0.2) is 47.1 Å². The number of halogens is 1. The van der Waals surface area contributed by atoms with E-state index >= 15 is 0 Å². The van der Waals surface area contributed by atoms with Crippen molar-refractivity contribution in [2.75, 3.05) is 26.2 Å². The van der Waals surface area contributed by atoms with Gasteiger partial charge in [0.2, 0.25) is 5.91 Å². The van der Waals surface area contributed by atoms with Crippen molar-refractivity contribution in [2.24, 2.45) is 0 Å². The second-order valence-electron chi connectivity index (χ2n) is 6.29. The van der Waals surface area contributed by atoms with Crippen LogP contribution in [0.3, 0.4) is 0 Å². The SMILES string of the molecule is C[C@H](C(=O)NCc1ccccc1F)N1CCN(C(=O)c2ccco2)CC1. The number of benzene rings is 1. The number of furan rings is 1. The molecule has 1 fully saturated rings. The standard InChI is InChI=1S/C19H22FN3O3/c1-14(18(24)21-13-15-5-2-3-6-16(15)20)22-8-10-23(11-9-22)19(25)17-7-4-12-26-17/h2-7,12,14H,8-11,13H2,1H3,(H,21,24)/t14-/m1/s1. The molecule has 2 amide bonds. The molecule has 7 heteroatoms. The molecular formula is C19H22FN3O3. The summed E-state index contributed by atoms with van der Waals surface area (Å²) in [6.07, 6.45) is 1.48. The van der Waals surface area contributed by atoms with Crippen molar-refractivity contribution in [3.63, 3.8) is 0 Å². The Kier molecular flexibility index (Phi) is 5.68. The second kappa shape index (κ2) is 8.14. The van der Waals surface area contributed by atoms with Gasteiger partial charge >= 0.3 is 0 Å². The van der Waals surface area contributed by atoms with Crippen LogP contribution in [0, 0.1) is 5.82 Å². The van der Waals surface area contributed by atoms with Crippen molar-refractivity contribution in [3.05, 3.63) is 59.8 Å². The Balaban J connectivity index is 1.48. The van der Waals surface area contributed by atoms with Crippen molar-refractivity contribution < 1.29 is 18.4 Å². The second-order valence-corrected chi connectivity index (χ2v) is 6.29. The van der Waals surface area contributed by atoms with Gasteiger partial charge in [-0.2, -0.15) is 0 Å². The number of piperazine rings is 1. The number of rotatable bonds is 5. The molecule has 1 N–H and O–H groups in total. The van der Waals surface area contributed by atoms with Crippen LogP contribution in [-0.2, 0) is 11.3 Å². The van der Waals surface area contributed by atoms with E-state index in [1.165, 1.54) is 12.3 Å². The van der Waals surface area contributed by atoms with E-state index in [0.717, 1.165) is 0 Å². The van der Waals surface area contributed by atoms with Crippen LogP contribution in [0.2, 0.25) is 0 Å². The summed E-state index contributed by atoms with van der Waals surface area (Å²) in [5.41, 5.74) is 0.460. The highest BCUT2D eigenvalue weighted by Crippen LogP contribution is 2.12. The molecule has 0 saturated carbocycles. The molecule has 2 heterocycles. The van der Waals surface area contributed by atoms with Crippen LogP contribution in [0.25, 0.3) is 0 Å². The van der Waals surface area contributed by atoms with Crippen LogP contribution in [0.5, 0.6) is 0 Å². The van der Waals surface area contributed by atoms with Gasteiger partial charge in [0.15, 0.2) is 5.76 Å². The van der Waals surface area contributed by atoms with Crippen LogP contribution < -0.4 is 5.32 Å². The maximum atomic E-state index is 13.6. The third-order valence-electron chi connectivity index (χ3n) is 4.67. The molecule has 0 aliphatic carbocycles. The molecular weight excluding hydrogens is 337 g/mol. The predicted octanol–water partition coefficient (Wildman–Crippen LogP) is 1.88. The zero-order valence-corrected chi connectivity index (χ0v) is 14.7. The lowest BCUT2D eigenvalue weighted by Crippen LogP contribution is -2.54. The smallest absolute Gasteiger partial charge is 0.289 e. The maximum absolute atomic E-state index is 13.6. The van der Waals surface area contributed by atoms with E-state index < -0.39 is 0 Å². The first-order valence-electron chi connectivity index (χ1n) is 8.64. The highest BCUT2D eigenvalue weighted by Gasteiger charge is 2.28. The van der Waals surface area contributed by atoms with E-state index in [0.29, 0.717) is 37.5 Å². The van der Waals surface area contributed by atoms with E-state index in [-0.39, 0.29) is 30.2 Å². The fourth-order valence-corrected chi connectivity index (χ4v) is 3.01. The summed E-state index contributed by atoms with van der Waals surface area (Å²) in [4.78, 5) is 28.4. The van der Waals surface area contributed by atoms with Crippen LogP contribution in [0.4, 0.5) is 4.39 Å². The lowest BCUT2D eigenvalue weighted by atomic mass is 10.2. The van der Waals surface area contributed by atoms with Crippen LogP contribution >= 0.6 is 0 Å². The Hall–Kier alpha value is -2.67. The van der Waals surface area contributed by atoms with Gasteiger partial charge in [0.05, 0.1) is 12.3 Å². The molecule has 1 atom stereocenters. The van der Waals surface area contributed by atoms with Gasteiger partial charge in [0.1, 0.15) is 5.82 Å². The average molecular weight is 359 g/mol. The Labute approximate surface area is 151 Å². The van der Waals surface area contributed by atoms with E-state index in [9.17, 15) is 14.0 Å². The summed E-state index contributed by atoms with van der Waals surface area (Å²) in [6.45, 7) is 4.24. The van der Waals surface area contributed by atoms with Gasteiger partial charge in [-0.3, -0.25) is 14.5 Å². The van der Waals surface area contributed by atoms with Crippen molar-refractivity contribution in [1.82, 2.24) is 15.1 Å². The van der Waals surface area contributed by atoms with Gasteiger partial charge < -0.3 is 14.6 Å². The van der Waals surface area contributed by atoms with E-state index in [1.807, 2.05) is 11.8 Å². The first kappa shape index (κ1) is 18.1. The van der Waals surface area contributed by atoms with E-state index in [4.69, 9.17) is 4.42 Å². The number of amides is 2. The number of nitrogens with one attached hydrogen (secondary N) is 1. The monoisotopic (exact) mass is 359 g/mol. The summed E-state index contributed by atoms with van der Waals surface area (Å²) in [6, 6.07) is 9.37. The first-order chi connectivity index (χ1) is 12.6. The van der Waals surface area contributed by atoms with Gasteiger partial charge in [0.25, 0.3) is 5.91 Å². The molecule has 1 aliphatic heterocycles. The topological polar surface area (TPSA) is 65.8 Å². The number of nitrogens with zero attached hydrogens (tertiary/aromatic N) is 2. The van der Waals surface area contributed by atoms with E-state index in [1.54, 1.807) is 35.2 Å². The summed E-state index contributed by atoms with van der Waals surface area (Å²) >= 11 is 0. The average Bonchev–Trinajstić information content (AvgIpc) is 3.21. The highest BCUT2D eigenvalue weighted by molar-refractivity contribution is 5.91. The van der Waals surface area contributed by atoms with Crippen molar-refractivity contribution in [3.8, 4) is 0 Å². The Bertz CT molecular complexity index is 755. The number of carbonyl (C=O) groups is 2. The Morgan fingerprint density at radius 3 is 2.54 bits per heavy atom. The number of hydrogen-bond acceptors (Lipinski definition) is 4. The zero-order valence-electron chi connectivity index (χ0n) is 14.7. The molecule has 1 aliphatic rings. The van der Waals surface area contributed by atoms with Gasteiger partial charge in [0, 0.05) is 38.3 Å². The molecule has 26 heavy (non-hydrogen) atoms. The third-order valence-corrected chi connectivity index (χ3v) is 4.67. The van der Waals surface area contributed by atoms with Gasteiger partial charge in [-0.05, 0) is 25.1 Å².